The molecule has 0 aliphatic carbocycles. The molecule has 1 aromatic carbocycles. The summed E-state index contributed by atoms with van der Waals surface area (Å²) in [6.07, 6.45) is 0.606. The number of nitrogens with two attached hydrogens (primary N) is 1. The Morgan fingerprint density at radius 1 is 1.35 bits per heavy atom. The van der Waals surface area contributed by atoms with E-state index in [1.165, 1.54) is 11.0 Å². The van der Waals surface area contributed by atoms with E-state index in [9.17, 15) is 14.0 Å². The third-order valence-electron chi connectivity index (χ3n) is 2.81. The van der Waals surface area contributed by atoms with Crippen LogP contribution >= 0.6 is 0 Å². The molecule has 2 N–H and O–H groups in total. The van der Waals surface area contributed by atoms with Crippen molar-refractivity contribution in [3.63, 3.8) is 0 Å². The van der Waals surface area contributed by atoms with Crippen molar-refractivity contribution in [2.24, 2.45) is 5.73 Å². The number of rotatable bonds is 3. The fourth-order valence-electron chi connectivity index (χ4n) is 2.07. The normalized spacial score (nSPS) is 14.4. The lowest BCUT2D eigenvalue weighted by Gasteiger charge is -2.17. The Morgan fingerprint density at radius 2 is 2.06 bits per heavy atom. The van der Waals surface area contributed by atoms with Crippen molar-refractivity contribution < 1.29 is 14.0 Å². The van der Waals surface area contributed by atoms with Crippen molar-refractivity contribution >= 4 is 17.4 Å². The first-order valence-corrected chi connectivity index (χ1v) is 5.42. The number of halogens is 1. The van der Waals surface area contributed by atoms with E-state index < -0.39 is 17.5 Å². The molecule has 5 heteroatoms. The monoisotopic (exact) mass is 236 g/mol. The van der Waals surface area contributed by atoms with Gasteiger partial charge in [0.05, 0.1) is 11.3 Å². The minimum Gasteiger partial charge on any atom is -0.330 e. The van der Waals surface area contributed by atoms with E-state index in [1.807, 2.05) is 0 Å². The molecule has 1 heterocycles. The smallest absolute Gasteiger partial charge is 0.299 e. The Labute approximate surface area is 98.2 Å². The molecule has 0 fully saturated rings. The van der Waals surface area contributed by atoms with E-state index in [0.717, 1.165) is 6.07 Å². The van der Waals surface area contributed by atoms with Crippen molar-refractivity contribution in [3.8, 4) is 0 Å². The first-order valence-electron chi connectivity index (χ1n) is 5.42. The van der Waals surface area contributed by atoms with E-state index in [0.29, 0.717) is 30.8 Å². The molecule has 1 aromatic rings. The molecule has 0 spiro atoms. The molecular formula is C12H13FN2O2. The number of benzene rings is 1. The number of aryl methyl sites for hydroxylation is 1. The van der Waals surface area contributed by atoms with Crippen molar-refractivity contribution in [1.29, 1.82) is 0 Å². The topological polar surface area (TPSA) is 63.4 Å². The summed E-state index contributed by atoms with van der Waals surface area (Å²) in [6.45, 7) is 2.51. The number of carbonyl (C=O) groups excluding carboxylic acids is 2. The largest absolute Gasteiger partial charge is 0.330 e. The Bertz CT molecular complexity index is 500. The molecule has 0 bridgehead atoms. The number of hydrogen-bond donors (Lipinski definition) is 1. The van der Waals surface area contributed by atoms with Crippen LogP contribution in [0.4, 0.5) is 10.1 Å². The Balaban J connectivity index is 2.48. The summed E-state index contributed by atoms with van der Waals surface area (Å²) in [7, 11) is 0. The van der Waals surface area contributed by atoms with Crippen LogP contribution in [-0.2, 0) is 4.79 Å². The molecule has 4 nitrogen and oxygen atoms in total. The summed E-state index contributed by atoms with van der Waals surface area (Å²) in [5, 5.41) is 0. The second-order valence-corrected chi connectivity index (χ2v) is 4.05. The number of ketones is 1. The van der Waals surface area contributed by atoms with Crippen LogP contribution < -0.4 is 10.6 Å². The third kappa shape index (κ3) is 1.82. The minimum atomic E-state index is -0.639. The minimum absolute atomic E-state index is 0.157. The standard InChI is InChI=1S/C12H13FN2O2/c1-7-5-8(13)6-9-10(7)15(4-2-3-14)12(17)11(9)16/h5-6H,2-4,14H2,1H3. The highest BCUT2D eigenvalue weighted by Crippen LogP contribution is 2.33. The average molecular weight is 236 g/mol. The van der Waals surface area contributed by atoms with Crippen molar-refractivity contribution in [2.45, 2.75) is 13.3 Å². The number of amides is 1. The second-order valence-electron chi connectivity index (χ2n) is 4.05. The quantitative estimate of drug-likeness (QED) is 0.797. The Hall–Kier alpha value is -1.75. The summed E-state index contributed by atoms with van der Waals surface area (Å²) in [5.74, 6) is -1.73. The van der Waals surface area contributed by atoms with Gasteiger partial charge in [0.2, 0.25) is 0 Å². The van der Waals surface area contributed by atoms with Crippen LogP contribution in [0.15, 0.2) is 12.1 Å². The van der Waals surface area contributed by atoms with Gasteiger partial charge in [-0.15, -0.1) is 0 Å². The number of nitrogens with zero attached hydrogens (tertiary/aromatic N) is 1. The molecular weight excluding hydrogens is 223 g/mol. The fraction of sp³-hybridized carbons (Fsp3) is 0.333. The molecule has 0 saturated carbocycles. The highest BCUT2D eigenvalue weighted by Gasteiger charge is 2.36. The molecule has 0 atom stereocenters. The maximum absolute atomic E-state index is 13.2. The van der Waals surface area contributed by atoms with Gasteiger partial charge in [-0.2, -0.15) is 0 Å². The van der Waals surface area contributed by atoms with Gasteiger partial charge in [0.15, 0.2) is 0 Å². The zero-order valence-electron chi connectivity index (χ0n) is 9.50. The van der Waals surface area contributed by atoms with Crippen molar-refractivity contribution in [2.75, 3.05) is 18.0 Å². The van der Waals surface area contributed by atoms with Gasteiger partial charge < -0.3 is 10.6 Å². The van der Waals surface area contributed by atoms with Crippen LogP contribution in [0.2, 0.25) is 0 Å². The first kappa shape index (κ1) is 11.7. The van der Waals surface area contributed by atoms with Gasteiger partial charge in [0.25, 0.3) is 11.7 Å². The molecule has 1 aliphatic heterocycles. The van der Waals surface area contributed by atoms with Gasteiger partial charge >= 0.3 is 0 Å². The molecule has 17 heavy (non-hydrogen) atoms. The van der Waals surface area contributed by atoms with Crippen molar-refractivity contribution in [1.82, 2.24) is 0 Å². The predicted octanol–water partition coefficient (Wildman–Crippen LogP) is 1.01. The number of hydrogen-bond acceptors (Lipinski definition) is 3. The summed E-state index contributed by atoms with van der Waals surface area (Å²) in [5.41, 5.74) is 6.66. The van der Waals surface area contributed by atoms with Gasteiger partial charge in [0, 0.05) is 6.54 Å². The van der Waals surface area contributed by atoms with Gasteiger partial charge in [0.1, 0.15) is 5.82 Å². The molecule has 0 unspecified atom stereocenters. The van der Waals surface area contributed by atoms with Gasteiger partial charge in [-0.25, -0.2) is 4.39 Å². The lowest BCUT2D eigenvalue weighted by molar-refractivity contribution is -0.114. The maximum atomic E-state index is 13.2. The molecule has 2 rings (SSSR count). The number of Topliss-reactive ketones (excluding diaryl/α,β-unsaturated/α-hetero) is 1. The molecule has 0 saturated heterocycles. The summed E-state index contributed by atoms with van der Waals surface area (Å²) < 4.78 is 13.2. The van der Waals surface area contributed by atoms with E-state index in [4.69, 9.17) is 5.73 Å². The van der Waals surface area contributed by atoms with Gasteiger partial charge in [-0.05, 0) is 37.6 Å². The first-order chi connectivity index (χ1) is 8.06. The summed E-state index contributed by atoms with van der Waals surface area (Å²) >= 11 is 0. The van der Waals surface area contributed by atoms with E-state index in [2.05, 4.69) is 0 Å². The molecule has 0 aromatic heterocycles. The van der Waals surface area contributed by atoms with Crippen LogP contribution in [0.1, 0.15) is 22.3 Å². The maximum Gasteiger partial charge on any atom is 0.299 e. The van der Waals surface area contributed by atoms with Gasteiger partial charge in [-0.1, -0.05) is 0 Å². The highest BCUT2D eigenvalue weighted by atomic mass is 19.1. The average Bonchev–Trinajstić information content (AvgIpc) is 2.51. The molecule has 0 radical (unpaired) electrons. The Morgan fingerprint density at radius 3 is 2.71 bits per heavy atom. The van der Waals surface area contributed by atoms with E-state index in [-0.39, 0.29) is 5.56 Å². The van der Waals surface area contributed by atoms with Crippen LogP contribution in [0.25, 0.3) is 0 Å². The lowest BCUT2D eigenvalue weighted by Crippen LogP contribution is -2.32. The molecule has 1 aliphatic rings. The van der Waals surface area contributed by atoms with Crippen molar-refractivity contribution in [3.05, 3.63) is 29.1 Å². The van der Waals surface area contributed by atoms with Crippen LogP contribution in [0, 0.1) is 12.7 Å². The van der Waals surface area contributed by atoms with Crippen LogP contribution in [-0.4, -0.2) is 24.8 Å². The highest BCUT2D eigenvalue weighted by molar-refractivity contribution is 6.52. The number of carbonyl (C=O) groups is 2. The third-order valence-corrected chi connectivity index (χ3v) is 2.81. The second kappa shape index (κ2) is 4.25. The summed E-state index contributed by atoms with van der Waals surface area (Å²) in [6, 6.07) is 2.44. The van der Waals surface area contributed by atoms with Gasteiger partial charge in [-0.3, -0.25) is 9.59 Å². The van der Waals surface area contributed by atoms with Crippen LogP contribution in [0.3, 0.4) is 0 Å². The number of anilines is 1. The van der Waals surface area contributed by atoms with Crippen LogP contribution in [0.5, 0.6) is 0 Å². The molecule has 90 valence electrons. The zero-order chi connectivity index (χ0) is 12.6. The zero-order valence-corrected chi connectivity index (χ0v) is 9.50. The summed E-state index contributed by atoms with van der Waals surface area (Å²) in [4.78, 5) is 24.8. The molecule has 1 amide bonds. The predicted molar refractivity (Wildman–Crippen MR) is 61.5 cm³/mol. The number of fused-ring (bicyclic) bond motifs is 1. The fourth-order valence-corrected chi connectivity index (χ4v) is 2.07. The SMILES string of the molecule is Cc1cc(F)cc2c1N(CCCN)C(=O)C2=O. The van der Waals surface area contributed by atoms with E-state index in [1.54, 1.807) is 6.92 Å². The lowest BCUT2D eigenvalue weighted by atomic mass is 10.1. The van der Waals surface area contributed by atoms with E-state index >= 15 is 0 Å². The Kier molecular flexibility index (Phi) is 2.93.